The molecule has 9 nitrogen and oxygen atoms in total. The number of aryl methyl sites for hydroxylation is 2. The lowest BCUT2D eigenvalue weighted by molar-refractivity contribution is 0.200. The van der Waals surface area contributed by atoms with Crippen LogP contribution < -0.4 is 15.2 Å². The van der Waals surface area contributed by atoms with E-state index in [9.17, 15) is 4.79 Å². The molecule has 1 aliphatic heterocycles. The van der Waals surface area contributed by atoms with Crippen LogP contribution in [0.15, 0.2) is 77.6 Å². The van der Waals surface area contributed by atoms with Crippen molar-refractivity contribution in [3.8, 4) is 5.75 Å². The molecule has 204 valence electrons. The summed E-state index contributed by atoms with van der Waals surface area (Å²) in [4.78, 5) is 21.6. The summed E-state index contributed by atoms with van der Waals surface area (Å²) >= 11 is 0. The number of rotatable bonds is 7. The van der Waals surface area contributed by atoms with Crippen LogP contribution in [0.25, 0.3) is 10.9 Å². The zero-order valence-electron chi connectivity index (χ0n) is 23.0. The quantitative estimate of drug-likeness (QED) is 0.336. The number of aromatic nitrogens is 5. The minimum Gasteiger partial charge on any atom is -0.497 e. The molecule has 9 heteroatoms. The first-order valence-corrected chi connectivity index (χ1v) is 13.6. The standard InChI is InChI=1S/C31H33N7O2/c1-21-9-10-22(2)28-26(21)19-27(31(39)32-28)29(37-17-15-36(16-18-37)24-7-5-4-6-8-24)30-33-34-35-38(30)20-23-11-13-25(40-3)14-12-23/h4-14,19,29H,15-18,20H2,1-3H3,(H,32,39)/t29-/m1/s1. The van der Waals surface area contributed by atoms with E-state index < -0.39 is 6.04 Å². The second-order valence-electron chi connectivity index (χ2n) is 10.3. The van der Waals surface area contributed by atoms with Gasteiger partial charge in [0.2, 0.25) is 0 Å². The van der Waals surface area contributed by atoms with E-state index in [1.807, 2.05) is 54.1 Å². The maximum atomic E-state index is 13.7. The third-order valence-corrected chi connectivity index (χ3v) is 7.86. The van der Waals surface area contributed by atoms with Crippen molar-refractivity contribution in [3.63, 3.8) is 0 Å². The van der Waals surface area contributed by atoms with Crippen molar-refractivity contribution in [2.75, 3.05) is 38.2 Å². The summed E-state index contributed by atoms with van der Waals surface area (Å²) in [5.74, 6) is 1.45. The molecule has 0 aliphatic carbocycles. The number of aromatic amines is 1. The van der Waals surface area contributed by atoms with Crippen molar-refractivity contribution in [3.05, 3.63) is 111 Å². The first-order chi connectivity index (χ1) is 19.5. The molecule has 3 aromatic carbocycles. The van der Waals surface area contributed by atoms with E-state index in [2.05, 4.69) is 67.6 Å². The van der Waals surface area contributed by atoms with E-state index >= 15 is 0 Å². The Morgan fingerprint density at radius 1 is 0.925 bits per heavy atom. The van der Waals surface area contributed by atoms with Gasteiger partial charge in [-0.15, -0.1) is 5.10 Å². The van der Waals surface area contributed by atoms with Crippen LogP contribution in [-0.2, 0) is 6.54 Å². The Labute approximate surface area is 233 Å². The van der Waals surface area contributed by atoms with Gasteiger partial charge in [-0.3, -0.25) is 9.69 Å². The SMILES string of the molecule is COc1ccc(Cn2nnnc2[C@@H](c2cc3c(C)ccc(C)c3[nH]c2=O)N2CCN(c3ccccc3)CC2)cc1. The number of ether oxygens (including phenoxy) is 1. The Bertz CT molecular complexity index is 1670. The average Bonchev–Trinajstić information content (AvgIpc) is 3.44. The number of methoxy groups -OCH3 is 1. The number of tetrazole rings is 1. The first kappa shape index (κ1) is 25.8. The predicted molar refractivity (Wildman–Crippen MR) is 156 cm³/mol. The average molecular weight is 536 g/mol. The number of anilines is 1. The fourth-order valence-corrected chi connectivity index (χ4v) is 5.59. The molecular formula is C31H33N7O2. The van der Waals surface area contributed by atoms with Gasteiger partial charge in [0, 0.05) is 42.8 Å². The Hall–Kier alpha value is -4.50. The molecule has 0 radical (unpaired) electrons. The van der Waals surface area contributed by atoms with Crippen LogP contribution in [0.3, 0.4) is 0 Å². The van der Waals surface area contributed by atoms with E-state index in [4.69, 9.17) is 4.74 Å². The van der Waals surface area contributed by atoms with E-state index in [1.54, 1.807) is 7.11 Å². The minimum absolute atomic E-state index is 0.115. The Kier molecular flexibility index (Phi) is 7.04. The third kappa shape index (κ3) is 4.96. The fraction of sp³-hybridized carbons (Fsp3) is 0.290. The molecule has 40 heavy (non-hydrogen) atoms. The fourth-order valence-electron chi connectivity index (χ4n) is 5.59. The summed E-state index contributed by atoms with van der Waals surface area (Å²) in [5.41, 5.74) is 5.82. The molecule has 0 amide bonds. The lowest BCUT2D eigenvalue weighted by Crippen LogP contribution is -2.49. The number of benzene rings is 3. The second-order valence-corrected chi connectivity index (χ2v) is 10.3. The van der Waals surface area contributed by atoms with Gasteiger partial charge in [-0.05, 0) is 71.3 Å². The third-order valence-electron chi connectivity index (χ3n) is 7.86. The number of hydrogen-bond acceptors (Lipinski definition) is 7. The molecule has 1 aliphatic rings. The summed E-state index contributed by atoms with van der Waals surface area (Å²) in [5, 5.41) is 14.0. The van der Waals surface area contributed by atoms with Crippen molar-refractivity contribution >= 4 is 16.6 Å². The predicted octanol–water partition coefficient (Wildman–Crippen LogP) is 4.10. The lowest BCUT2D eigenvalue weighted by atomic mass is 9.99. The second kappa shape index (κ2) is 10.9. The highest BCUT2D eigenvalue weighted by atomic mass is 16.5. The lowest BCUT2D eigenvalue weighted by Gasteiger charge is -2.39. The highest BCUT2D eigenvalue weighted by Crippen LogP contribution is 2.30. The molecule has 6 rings (SSSR count). The Balaban J connectivity index is 1.40. The maximum absolute atomic E-state index is 13.7. The van der Waals surface area contributed by atoms with E-state index in [0.717, 1.165) is 59.5 Å². The Morgan fingerprint density at radius 2 is 1.65 bits per heavy atom. The molecule has 5 aromatic rings. The van der Waals surface area contributed by atoms with Gasteiger partial charge in [-0.1, -0.05) is 42.5 Å². The number of pyridine rings is 1. The van der Waals surface area contributed by atoms with E-state index in [1.165, 1.54) is 5.69 Å². The topological polar surface area (TPSA) is 92.2 Å². The first-order valence-electron chi connectivity index (χ1n) is 13.6. The minimum atomic E-state index is -0.403. The van der Waals surface area contributed by atoms with Crippen LogP contribution in [-0.4, -0.2) is 63.4 Å². The number of H-pyrrole nitrogens is 1. The van der Waals surface area contributed by atoms with Gasteiger partial charge < -0.3 is 14.6 Å². The van der Waals surface area contributed by atoms with Gasteiger partial charge in [0.1, 0.15) is 11.8 Å². The smallest absolute Gasteiger partial charge is 0.253 e. The normalized spacial score (nSPS) is 14.9. The highest BCUT2D eigenvalue weighted by Gasteiger charge is 2.33. The molecule has 2 aromatic heterocycles. The van der Waals surface area contributed by atoms with Crippen LogP contribution in [0.1, 0.15) is 34.1 Å². The summed E-state index contributed by atoms with van der Waals surface area (Å²) < 4.78 is 7.12. The van der Waals surface area contributed by atoms with Crippen molar-refractivity contribution in [1.29, 1.82) is 0 Å². The van der Waals surface area contributed by atoms with Crippen LogP contribution in [0.2, 0.25) is 0 Å². The van der Waals surface area contributed by atoms with Crippen LogP contribution >= 0.6 is 0 Å². The summed E-state index contributed by atoms with van der Waals surface area (Å²) in [6.07, 6.45) is 0. The molecule has 0 saturated carbocycles. The summed E-state index contributed by atoms with van der Waals surface area (Å²) in [6.45, 7) is 7.78. The van der Waals surface area contributed by atoms with Gasteiger partial charge in [0.15, 0.2) is 5.82 Å². The van der Waals surface area contributed by atoms with Gasteiger partial charge >= 0.3 is 0 Å². The van der Waals surface area contributed by atoms with Crippen LogP contribution in [0, 0.1) is 13.8 Å². The zero-order valence-corrected chi connectivity index (χ0v) is 23.0. The molecule has 1 fully saturated rings. The number of fused-ring (bicyclic) bond motifs is 1. The van der Waals surface area contributed by atoms with Gasteiger partial charge in [-0.2, -0.15) is 0 Å². The molecule has 0 bridgehead atoms. The number of nitrogens with zero attached hydrogens (tertiary/aromatic N) is 6. The van der Waals surface area contributed by atoms with Crippen molar-refractivity contribution in [2.45, 2.75) is 26.4 Å². The monoisotopic (exact) mass is 535 g/mol. The van der Waals surface area contributed by atoms with Gasteiger partial charge in [-0.25, -0.2) is 4.68 Å². The van der Waals surface area contributed by atoms with E-state index in [-0.39, 0.29) is 5.56 Å². The van der Waals surface area contributed by atoms with Crippen molar-refractivity contribution in [1.82, 2.24) is 30.1 Å². The highest BCUT2D eigenvalue weighted by molar-refractivity contribution is 5.85. The van der Waals surface area contributed by atoms with Gasteiger partial charge in [0.25, 0.3) is 5.56 Å². The molecule has 1 saturated heterocycles. The molecular weight excluding hydrogens is 502 g/mol. The molecule has 0 unspecified atom stereocenters. The maximum Gasteiger partial charge on any atom is 0.253 e. The molecule has 0 spiro atoms. The largest absolute Gasteiger partial charge is 0.497 e. The van der Waals surface area contributed by atoms with Crippen LogP contribution in [0.5, 0.6) is 5.75 Å². The summed E-state index contributed by atoms with van der Waals surface area (Å²) in [6, 6.07) is 24.1. The number of piperazine rings is 1. The molecule has 1 N–H and O–H groups in total. The number of hydrogen-bond donors (Lipinski definition) is 1. The van der Waals surface area contributed by atoms with Crippen LogP contribution in [0.4, 0.5) is 5.69 Å². The zero-order chi connectivity index (χ0) is 27.6. The molecule has 3 heterocycles. The van der Waals surface area contributed by atoms with Gasteiger partial charge in [0.05, 0.1) is 19.2 Å². The molecule has 1 atom stereocenters. The number of nitrogens with one attached hydrogen (secondary N) is 1. The van der Waals surface area contributed by atoms with E-state index in [0.29, 0.717) is 17.9 Å². The number of para-hydroxylation sites is 1. The summed E-state index contributed by atoms with van der Waals surface area (Å²) in [7, 11) is 1.65. The van der Waals surface area contributed by atoms with Crippen molar-refractivity contribution in [2.24, 2.45) is 0 Å². The van der Waals surface area contributed by atoms with Crippen molar-refractivity contribution < 1.29 is 4.74 Å². The Morgan fingerprint density at radius 3 is 2.38 bits per heavy atom.